The molecule has 0 fully saturated rings. The highest BCUT2D eigenvalue weighted by molar-refractivity contribution is 9.10. The minimum absolute atomic E-state index is 0.191. The summed E-state index contributed by atoms with van der Waals surface area (Å²) in [4.78, 5) is 23.1. The summed E-state index contributed by atoms with van der Waals surface area (Å²) in [6.45, 7) is 2.94. The fraction of sp³-hybridized carbons (Fsp3) is 0.200. The number of aromatic nitrogens is 1. The SMILES string of the molecule is CCn1cc(Br)cc1C(=O)NCc1cccc(C(=O)O)c1. The Kier molecular flexibility index (Phi) is 4.80. The predicted octanol–water partition coefficient (Wildman–Crippen LogP) is 2.90. The van der Waals surface area contributed by atoms with Gasteiger partial charge in [0.1, 0.15) is 5.69 Å². The van der Waals surface area contributed by atoms with E-state index in [0.29, 0.717) is 12.2 Å². The summed E-state index contributed by atoms with van der Waals surface area (Å²) in [5.74, 6) is -1.17. The van der Waals surface area contributed by atoms with Gasteiger partial charge in [0.25, 0.3) is 5.91 Å². The van der Waals surface area contributed by atoms with Crippen molar-refractivity contribution in [2.24, 2.45) is 0 Å². The number of hydrogen-bond acceptors (Lipinski definition) is 2. The highest BCUT2D eigenvalue weighted by Gasteiger charge is 2.12. The van der Waals surface area contributed by atoms with Crippen LogP contribution < -0.4 is 5.32 Å². The molecule has 0 unspecified atom stereocenters. The Morgan fingerprint density at radius 3 is 2.76 bits per heavy atom. The molecule has 6 heteroatoms. The van der Waals surface area contributed by atoms with Crippen molar-refractivity contribution < 1.29 is 14.7 Å². The molecule has 1 heterocycles. The zero-order valence-corrected chi connectivity index (χ0v) is 13.1. The number of nitrogens with one attached hydrogen (secondary N) is 1. The number of aryl methyl sites for hydroxylation is 1. The van der Waals surface area contributed by atoms with Crippen LogP contribution in [0.4, 0.5) is 0 Å². The Morgan fingerprint density at radius 1 is 1.33 bits per heavy atom. The Morgan fingerprint density at radius 2 is 2.10 bits per heavy atom. The van der Waals surface area contributed by atoms with Crippen molar-refractivity contribution in [3.05, 3.63) is 57.8 Å². The molecule has 110 valence electrons. The molecule has 0 saturated carbocycles. The van der Waals surface area contributed by atoms with Gasteiger partial charge in [-0.05, 0) is 46.6 Å². The molecule has 0 atom stereocenters. The summed E-state index contributed by atoms with van der Waals surface area (Å²) in [5.41, 5.74) is 1.53. The van der Waals surface area contributed by atoms with Crippen LogP contribution in [0.15, 0.2) is 41.0 Å². The lowest BCUT2D eigenvalue weighted by Gasteiger charge is -2.08. The number of aromatic carboxylic acids is 1. The van der Waals surface area contributed by atoms with Crippen molar-refractivity contribution in [3.8, 4) is 0 Å². The number of rotatable bonds is 5. The second kappa shape index (κ2) is 6.58. The fourth-order valence-electron chi connectivity index (χ4n) is 2.01. The van der Waals surface area contributed by atoms with Crippen LogP contribution in [-0.4, -0.2) is 21.6 Å². The maximum Gasteiger partial charge on any atom is 0.335 e. The van der Waals surface area contributed by atoms with E-state index in [4.69, 9.17) is 5.11 Å². The van der Waals surface area contributed by atoms with E-state index >= 15 is 0 Å². The van der Waals surface area contributed by atoms with Gasteiger partial charge in [0.15, 0.2) is 0 Å². The van der Waals surface area contributed by atoms with Crippen molar-refractivity contribution in [3.63, 3.8) is 0 Å². The summed E-state index contributed by atoms with van der Waals surface area (Å²) in [6, 6.07) is 8.27. The minimum atomic E-state index is -0.980. The summed E-state index contributed by atoms with van der Waals surface area (Å²) in [5, 5.41) is 11.7. The zero-order chi connectivity index (χ0) is 15.4. The van der Waals surface area contributed by atoms with Crippen LogP contribution in [-0.2, 0) is 13.1 Å². The van der Waals surface area contributed by atoms with E-state index in [0.717, 1.165) is 10.0 Å². The molecule has 0 radical (unpaired) electrons. The van der Waals surface area contributed by atoms with E-state index in [1.165, 1.54) is 6.07 Å². The molecule has 1 amide bonds. The molecule has 21 heavy (non-hydrogen) atoms. The number of carbonyl (C=O) groups is 2. The zero-order valence-electron chi connectivity index (χ0n) is 11.5. The van der Waals surface area contributed by atoms with Gasteiger partial charge in [-0.25, -0.2) is 4.79 Å². The second-order valence-electron chi connectivity index (χ2n) is 4.52. The van der Waals surface area contributed by atoms with Gasteiger partial charge in [-0.3, -0.25) is 4.79 Å². The number of benzene rings is 1. The number of carboxylic acids is 1. The lowest BCUT2D eigenvalue weighted by molar-refractivity contribution is 0.0696. The molecule has 1 aromatic heterocycles. The smallest absolute Gasteiger partial charge is 0.335 e. The van der Waals surface area contributed by atoms with Crippen LogP contribution >= 0.6 is 15.9 Å². The van der Waals surface area contributed by atoms with E-state index < -0.39 is 5.97 Å². The molecular weight excluding hydrogens is 336 g/mol. The van der Waals surface area contributed by atoms with Crippen molar-refractivity contribution in [2.45, 2.75) is 20.0 Å². The average Bonchev–Trinajstić information content (AvgIpc) is 2.86. The molecule has 0 aliphatic rings. The van der Waals surface area contributed by atoms with E-state index in [1.54, 1.807) is 24.3 Å². The van der Waals surface area contributed by atoms with Gasteiger partial charge in [-0.2, -0.15) is 0 Å². The lowest BCUT2D eigenvalue weighted by Crippen LogP contribution is -2.25. The highest BCUT2D eigenvalue weighted by Crippen LogP contribution is 2.15. The number of halogens is 1. The maximum absolute atomic E-state index is 12.2. The summed E-state index contributed by atoms with van der Waals surface area (Å²) in [6.07, 6.45) is 1.85. The van der Waals surface area contributed by atoms with Gasteiger partial charge in [0.05, 0.1) is 5.56 Å². The maximum atomic E-state index is 12.2. The predicted molar refractivity (Wildman–Crippen MR) is 82.4 cm³/mol. The third kappa shape index (κ3) is 3.72. The van der Waals surface area contributed by atoms with Crippen LogP contribution in [0.1, 0.15) is 33.3 Å². The van der Waals surface area contributed by atoms with E-state index in [1.807, 2.05) is 17.7 Å². The molecular formula is C15H15BrN2O3. The Bertz CT molecular complexity index is 679. The van der Waals surface area contributed by atoms with Crippen LogP contribution in [0.25, 0.3) is 0 Å². The molecule has 0 saturated heterocycles. The van der Waals surface area contributed by atoms with Crippen LogP contribution in [0.5, 0.6) is 0 Å². The van der Waals surface area contributed by atoms with Crippen molar-refractivity contribution in [1.82, 2.24) is 9.88 Å². The Balaban J connectivity index is 2.07. The molecule has 2 rings (SSSR count). The average molecular weight is 351 g/mol. The quantitative estimate of drug-likeness (QED) is 0.870. The van der Waals surface area contributed by atoms with E-state index in [-0.39, 0.29) is 18.0 Å². The monoisotopic (exact) mass is 350 g/mol. The highest BCUT2D eigenvalue weighted by atomic mass is 79.9. The molecule has 0 bridgehead atoms. The molecule has 1 aromatic carbocycles. The van der Waals surface area contributed by atoms with Gasteiger partial charge in [0.2, 0.25) is 0 Å². The van der Waals surface area contributed by atoms with E-state index in [9.17, 15) is 9.59 Å². The largest absolute Gasteiger partial charge is 0.478 e. The summed E-state index contributed by atoms with van der Waals surface area (Å²) >= 11 is 3.35. The Hall–Kier alpha value is -2.08. The third-order valence-electron chi connectivity index (χ3n) is 3.06. The van der Waals surface area contributed by atoms with E-state index in [2.05, 4.69) is 21.2 Å². The van der Waals surface area contributed by atoms with Crippen LogP contribution in [0.2, 0.25) is 0 Å². The molecule has 2 N–H and O–H groups in total. The fourth-order valence-corrected chi connectivity index (χ4v) is 2.48. The lowest BCUT2D eigenvalue weighted by atomic mass is 10.1. The van der Waals surface area contributed by atoms with Gasteiger partial charge >= 0.3 is 5.97 Å². The first-order valence-electron chi connectivity index (χ1n) is 6.47. The first-order valence-corrected chi connectivity index (χ1v) is 7.26. The van der Waals surface area contributed by atoms with Gasteiger partial charge in [-0.1, -0.05) is 12.1 Å². The minimum Gasteiger partial charge on any atom is -0.478 e. The number of amides is 1. The topological polar surface area (TPSA) is 71.3 Å². The molecule has 0 spiro atoms. The summed E-state index contributed by atoms with van der Waals surface area (Å²) in [7, 11) is 0. The first-order chi connectivity index (χ1) is 10.0. The summed E-state index contributed by atoms with van der Waals surface area (Å²) < 4.78 is 2.69. The van der Waals surface area contributed by atoms with Crippen LogP contribution in [0.3, 0.4) is 0 Å². The van der Waals surface area contributed by atoms with Gasteiger partial charge in [0, 0.05) is 23.8 Å². The van der Waals surface area contributed by atoms with Crippen molar-refractivity contribution >= 4 is 27.8 Å². The number of nitrogens with zero attached hydrogens (tertiary/aromatic N) is 1. The number of carbonyl (C=O) groups excluding carboxylic acids is 1. The number of carboxylic acid groups (broad SMARTS) is 1. The van der Waals surface area contributed by atoms with Gasteiger partial charge < -0.3 is 15.0 Å². The van der Waals surface area contributed by atoms with Crippen molar-refractivity contribution in [2.75, 3.05) is 0 Å². The number of hydrogen-bond donors (Lipinski definition) is 2. The second-order valence-corrected chi connectivity index (χ2v) is 5.43. The van der Waals surface area contributed by atoms with Gasteiger partial charge in [-0.15, -0.1) is 0 Å². The normalized spacial score (nSPS) is 10.4. The molecule has 0 aliphatic carbocycles. The molecule has 0 aliphatic heterocycles. The third-order valence-corrected chi connectivity index (χ3v) is 3.50. The molecule has 2 aromatic rings. The van der Waals surface area contributed by atoms with Crippen LogP contribution in [0, 0.1) is 0 Å². The molecule has 5 nitrogen and oxygen atoms in total. The Labute approximate surface area is 130 Å². The van der Waals surface area contributed by atoms with Crippen molar-refractivity contribution in [1.29, 1.82) is 0 Å². The first kappa shape index (κ1) is 15.3. The standard InChI is InChI=1S/C15H15BrN2O3/c1-2-18-9-12(16)7-13(18)14(19)17-8-10-4-3-5-11(6-10)15(20)21/h3-7,9H,2,8H2,1H3,(H,17,19)(H,20,21).